The molecule has 57 heavy (non-hydrogen) atoms. The maximum atomic E-state index is 9.70. The van der Waals surface area contributed by atoms with Crippen LogP contribution in [0.5, 0.6) is 0 Å². The highest BCUT2D eigenvalue weighted by Crippen LogP contribution is 2.50. The minimum Gasteiger partial charge on any atom is -0.256 e. The second-order valence-electron chi connectivity index (χ2n) is 15.0. The predicted octanol–water partition coefficient (Wildman–Crippen LogP) is 12.6. The summed E-state index contributed by atoms with van der Waals surface area (Å²) in [5.41, 5.74) is 15.4. The summed E-state index contributed by atoms with van der Waals surface area (Å²) in [5.74, 6) is 1.80. The Morgan fingerprint density at radius 1 is 0.421 bits per heavy atom. The Morgan fingerprint density at radius 3 is 1.67 bits per heavy atom. The molecule has 0 N–H and O–H groups in total. The van der Waals surface area contributed by atoms with E-state index in [2.05, 4.69) is 140 Å². The number of nitriles is 1. The molecule has 0 amide bonds. The fourth-order valence-electron chi connectivity index (χ4n) is 8.21. The summed E-state index contributed by atoms with van der Waals surface area (Å²) in [5, 5.41) is 10.8. The third-order valence-corrected chi connectivity index (χ3v) is 11.2. The molecular formula is C52H35N5. The first kappa shape index (κ1) is 34.0. The van der Waals surface area contributed by atoms with Crippen molar-refractivity contribution in [1.29, 1.82) is 5.26 Å². The first-order chi connectivity index (χ1) is 27.9. The molecule has 2 aromatic heterocycles. The zero-order valence-electron chi connectivity index (χ0n) is 31.5. The summed E-state index contributed by atoms with van der Waals surface area (Å²) in [6.07, 6.45) is 1.88. The fourth-order valence-corrected chi connectivity index (χ4v) is 8.21. The average Bonchev–Trinajstić information content (AvgIpc) is 3.51. The molecule has 268 valence electrons. The first-order valence-electron chi connectivity index (χ1n) is 19.1. The number of rotatable bonds is 6. The molecule has 9 aromatic rings. The van der Waals surface area contributed by atoms with E-state index in [0.29, 0.717) is 23.0 Å². The summed E-state index contributed by atoms with van der Waals surface area (Å²) >= 11 is 0. The third kappa shape index (κ3) is 6.05. The van der Waals surface area contributed by atoms with Crippen LogP contribution in [0, 0.1) is 11.3 Å². The van der Waals surface area contributed by atoms with Gasteiger partial charge in [-0.15, -0.1) is 0 Å². The Hall–Kier alpha value is -7.55. The SMILES string of the molecule is CC1(C)c2cc(C#N)ccc2-c2ccc(-c3cc(-c4nc(-c5ccccc5)nc(-c5ccc(-c6ccccc6)cc5)n4)cc(-c4ccnc5ccccc45)c3)cc21. The van der Waals surface area contributed by atoms with Crippen molar-refractivity contribution >= 4 is 10.9 Å². The number of fused-ring (bicyclic) bond motifs is 4. The molecule has 0 bridgehead atoms. The van der Waals surface area contributed by atoms with Crippen LogP contribution in [0.15, 0.2) is 176 Å². The van der Waals surface area contributed by atoms with Gasteiger partial charge in [0, 0.05) is 33.7 Å². The minimum atomic E-state index is -0.279. The van der Waals surface area contributed by atoms with Crippen molar-refractivity contribution in [1.82, 2.24) is 19.9 Å². The highest BCUT2D eigenvalue weighted by molar-refractivity contribution is 5.96. The van der Waals surface area contributed by atoms with Crippen LogP contribution in [0.2, 0.25) is 0 Å². The van der Waals surface area contributed by atoms with Crippen molar-refractivity contribution < 1.29 is 0 Å². The second-order valence-corrected chi connectivity index (χ2v) is 15.0. The quantitative estimate of drug-likeness (QED) is 0.170. The highest BCUT2D eigenvalue weighted by Gasteiger charge is 2.36. The highest BCUT2D eigenvalue weighted by atomic mass is 15.0. The number of hydrogen-bond acceptors (Lipinski definition) is 5. The maximum Gasteiger partial charge on any atom is 0.164 e. The Bertz CT molecular complexity index is 3030. The number of benzene rings is 7. The molecule has 5 heteroatoms. The lowest BCUT2D eigenvalue weighted by Gasteiger charge is -2.22. The van der Waals surface area contributed by atoms with Crippen LogP contribution in [0.3, 0.4) is 0 Å². The number of hydrogen-bond donors (Lipinski definition) is 0. The molecule has 0 fully saturated rings. The van der Waals surface area contributed by atoms with Crippen LogP contribution in [0.25, 0.3) is 89.6 Å². The zero-order chi connectivity index (χ0) is 38.5. The minimum absolute atomic E-state index is 0.279. The van der Waals surface area contributed by atoms with Gasteiger partial charge in [-0.2, -0.15) is 5.26 Å². The van der Waals surface area contributed by atoms with E-state index >= 15 is 0 Å². The van der Waals surface area contributed by atoms with Gasteiger partial charge in [-0.05, 0) is 104 Å². The Kier molecular flexibility index (Phi) is 8.13. The van der Waals surface area contributed by atoms with Gasteiger partial charge in [0.1, 0.15) is 0 Å². The number of nitrogens with zero attached hydrogens (tertiary/aromatic N) is 5. The van der Waals surface area contributed by atoms with Gasteiger partial charge in [0.2, 0.25) is 0 Å². The molecule has 1 aliphatic carbocycles. The lowest BCUT2D eigenvalue weighted by molar-refractivity contribution is 0.660. The van der Waals surface area contributed by atoms with E-state index in [1.54, 1.807) is 0 Å². The molecule has 0 atom stereocenters. The van der Waals surface area contributed by atoms with Crippen LogP contribution < -0.4 is 0 Å². The molecule has 0 radical (unpaired) electrons. The van der Waals surface area contributed by atoms with Gasteiger partial charge in [0.25, 0.3) is 0 Å². The third-order valence-electron chi connectivity index (χ3n) is 11.2. The molecule has 0 spiro atoms. The second kappa shape index (κ2) is 13.6. The summed E-state index contributed by atoms with van der Waals surface area (Å²) in [6.45, 7) is 4.49. The van der Waals surface area contributed by atoms with Crippen molar-refractivity contribution in [3.05, 3.63) is 193 Å². The largest absolute Gasteiger partial charge is 0.256 e. The molecule has 0 aliphatic heterocycles. The first-order valence-corrected chi connectivity index (χ1v) is 19.1. The molecule has 0 saturated heterocycles. The van der Waals surface area contributed by atoms with Gasteiger partial charge >= 0.3 is 0 Å². The van der Waals surface area contributed by atoms with E-state index in [1.807, 2.05) is 60.8 Å². The topological polar surface area (TPSA) is 75.3 Å². The van der Waals surface area contributed by atoms with Gasteiger partial charge < -0.3 is 0 Å². The molecule has 2 heterocycles. The zero-order valence-corrected chi connectivity index (χ0v) is 31.5. The molecule has 5 nitrogen and oxygen atoms in total. The normalized spacial score (nSPS) is 12.5. The lowest BCUT2D eigenvalue weighted by atomic mass is 9.81. The van der Waals surface area contributed by atoms with Crippen LogP contribution >= 0.6 is 0 Å². The Balaban J connectivity index is 1.17. The van der Waals surface area contributed by atoms with Gasteiger partial charge in [-0.25, -0.2) is 15.0 Å². The molecule has 10 rings (SSSR count). The van der Waals surface area contributed by atoms with E-state index in [-0.39, 0.29) is 5.41 Å². The van der Waals surface area contributed by atoms with Crippen molar-refractivity contribution in [2.75, 3.05) is 0 Å². The van der Waals surface area contributed by atoms with E-state index in [9.17, 15) is 5.26 Å². The number of aromatic nitrogens is 4. The van der Waals surface area contributed by atoms with Crippen molar-refractivity contribution in [3.63, 3.8) is 0 Å². The summed E-state index contributed by atoms with van der Waals surface area (Å²) in [7, 11) is 0. The van der Waals surface area contributed by atoms with E-state index in [4.69, 9.17) is 15.0 Å². The standard InChI is InChI=1S/C52H35N5/c1-52(2)46-27-33(32-53)17-23-43(46)44-24-22-38(31-47(44)52)39-28-40(42-25-26-54-48-16-10-9-15-45(42)48)30-41(29-39)51-56-49(36-13-7-4-8-14-36)55-50(57-51)37-20-18-35(19-21-37)34-11-5-3-6-12-34/h3-31H,1-2H3. The smallest absolute Gasteiger partial charge is 0.164 e. The van der Waals surface area contributed by atoms with Crippen molar-refractivity contribution in [3.8, 4) is 84.7 Å². The average molecular weight is 730 g/mol. The molecule has 0 unspecified atom stereocenters. The van der Waals surface area contributed by atoms with Crippen molar-refractivity contribution in [2.24, 2.45) is 0 Å². The summed E-state index contributed by atoms with van der Waals surface area (Å²) in [6, 6.07) is 61.0. The van der Waals surface area contributed by atoms with Gasteiger partial charge in [0.05, 0.1) is 17.1 Å². The van der Waals surface area contributed by atoms with Crippen LogP contribution in [0.4, 0.5) is 0 Å². The van der Waals surface area contributed by atoms with Gasteiger partial charge in [-0.1, -0.05) is 135 Å². The molecular weight excluding hydrogens is 695 g/mol. The van der Waals surface area contributed by atoms with Crippen LogP contribution in [-0.2, 0) is 5.41 Å². The summed E-state index contributed by atoms with van der Waals surface area (Å²) < 4.78 is 0. The predicted molar refractivity (Wildman–Crippen MR) is 230 cm³/mol. The lowest BCUT2D eigenvalue weighted by Crippen LogP contribution is -2.15. The van der Waals surface area contributed by atoms with Crippen LogP contribution in [-0.4, -0.2) is 19.9 Å². The van der Waals surface area contributed by atoms with Crippen LogP contribution in [0.1, 0.15) is 30.5 Å². The van der Waals surface area contributed by atoms with Gasteiger partial charge in [-0.3, -0.25) is 4.98 Å². The Labute approximate surface area is 331 Å². The van der Waals surface area contributed by atoms with Gasteiger partial charge in [0.15, 0.2) is 17.5 Å². The molecule has 7 aromatic carbocycles. The molecule has 1 aliphatic rings. The Morgan fingerprint density at radius 2 is 0.947 bits per heavy atom. The van der Waals surface area contributed by atoms with Crippen molar-refractivity contribution in [2.45, 2.75) is 19.3 Å². The maximum absolute atomic E-state index is 9.70. The number of pyridine rings is 1. The molecule has 0 saturated carbocycles. The van der Waals surface area contributed by atoms with E-state index in [0.717, 1.165) is 61.0 Å². The fraction of sp³-hybridized carbons (Fsp3) is 0.0577. The number of para-hydroxylation sites is 1. The van der Waals surface area contributed by atoms with E-state index < -0.39 is 0 Å². The summed E-state index contributed by atoms with van der Waals surface area (Å²) in [4.78, 5) is 20.1. The monoisotopic (exact) mass is 729 g/mol. The van der Waals surface area contributed by atoms with E-state index in [1.165, 1.54) is 22.3 Å².